The molecule has 12 nitrogen and oxygen atoms in total. The highest BCUT2D eigenvalue weighted by Crippen LogP contribution is 2.39. The maximum atomic E-state index is 13.7. The summed E-state index contributed by atoms with van der Waals surface area (Å²) in [6.45, 7) is 16.0. The molecule has 6 heterocycles. The number of hydrogen-bond donors (Lipinski definition) is 0. The first kappa shape index (κ1) is 40.4. The Balaban J connectivity index is 0.000000172. The second-order valence-corrected chi connectivity index (χ2v) is 17.3. The van der Waals surface area contributed by atoms with Crippen molar-refractivity contribution in [3.63, 3.8) is 0 Å². The van der Waals surface area contributed by atoms with Crippen molar-refractivity contribution in [3.05, 3.63) is 0 Å². The van der Waals surface area contributed by atoms with E-state index < -0.39 is 71.7 Å². The third-order valence-corrected chi connectivity index (χ3v) is 9.70. The molecule has 6 aliphatic rings. The van der Waals surface area contributed by atoms with E-state index in [2.05, 4.69) is 0 Å². The van der Waals surface area contributed by atoms with E-state index in [1.165, 1.54) is 14.7 Å². The van der Waals surface area contributed by atoms with Crippen LogP contribution in [-0.4, -0.2) is 122 Å². The van der Waals surface area contributed by atoms with Gasteiger partial charge in [0.25, 0.3) is 0 Å². The third-order valence-electron chi connectivity index (χ3n) is 9.70. The first-order valence-electron chi connectivity index (χ1n) is 17.9. The van der Waals surface area contributed by atoms with Crippen LogP contribution in [0.2, 0.25) is 0 Å². The fourth-order valence-electron chi connectivity index (χ4n) is 7.68. The minimum atomic E-state index is -1.54. The number of carbonyl (C=O) groups is 6. The number of halogens is 3. The van der Waals surface area contributed by atoms with Crippen molar-refractivity contribution in [1.29, 1.82) is 0 Å². The van der Waals surface area contributed by atoms with Crippen molar-refractivity contribution in [2.24, 2.45) is 0 Å². The molecule has 6 saturated heterocycles. The Morgan fingerprint density at radius 3 is 0.882 bits per heavy atom. The van der Waals surface area contributed by atoms with Crippen molar-refractivity contribution in [2.75, 3.05) is 0 Å². The number of ketones is 3. The number of piperidine rings is 3. The number of rotatable bonds is 0. The monoisotopic (exact) mass is 729 g/mol. The molecule has 6 fully saturated rings. The predicted molar refractivity (Wildman–Crippen MR) is 178 cm³/mol. The summed E-state index contributed by atoms with van der Waals surface area (Å²) in [7, 11) is 0. The average molecular weight is 730 g/mol. The molecule has 0 spiro atoms. The molecule has 0 aromatic heterocycles. The van der Waals surface area contributed by atoms with Crippen LogP contribution in [-0.2, 0) is 28.6 Å². The minimum Gasteiger partial charge on any atom is -0.444 e. The minimum absolute atomic E-state index is 0.122. The lowest BCUT2D eigenvalue weighted by Gasteiger charge is -2.36. The van der Waals surface area contributed by atoms with Crippen LogP contribution >= 0.6 is 0 Å². The zero-order chi connectivity index (χ0) is 38.4. The van der Waals surface area contributed by atoms with Crippen LogP contribution in [0.4, 0.5) is 27.6 Å². The highest BCUT2D eigenvalue weighted by molar-refractivity contribution is 5.89. The lowest BCUT2D eigenvalue weighted by molar-refractivity contribution is -0.131. The van der Waals surface area contributed by atoms with Crippen LogP contribution < -0.4 is 0 Å². The number of nitrogens with zero attached hydrogens (tertiary/aromatic N) is 3. The highest BCUT2D eigenvalue weighted by atomic mass is 19.1. The molecule has 0 aliphatic carbocycles. The van der Waals surface area contributed by atoms with E-state index in [-0.39, 0.29) is 54.7 Å². The zero-order valence-electron chi connectivity index (χ0n) is 31.2. The molecule has 6 aliphatic heterocycles. The zero-order valence-corrected chi connectivity index (χ0v) is 31.2. The van der Waals surface area contributed by atoms with E-state index in [0.29, 0.717) is 38.5 Å². The number of hydrogen-bond acceptors (Lipinski definition) is 9. The van der Waals surface area contributed by atoms with Crippen LogP contribution in [0.5, 0.6) is 0 Å². The number of ether oxygens (including phenoxy) is 3. The second-order valence-electron chi connectivity index (χ2n) is 17.3. The van der Waals surface area contributed by atoms with Gasteiger partial charge in [-0.2, -0.15) is 0 Å². The van der Waals surface area contributed by atoms with Crippen LogP contribution in [0, 0.1) is 0 Å². The van der Waals surface area contributed by atoms with Gasteiger partial charge in [-0.3, -0.25) is 29.1 Å². The maximum Gasteiger partial charge on any atom is 0.410 e. The topological polar surface area (TPSA) is 140 Å². The van der Waals surface area contributed by atoms with Gasteiger partial charge in [-0.05, 0) is 101 Å². The Morgan fingerprint density at radius 1 is 0.471 bits per heavy atom. The Kier molecular flexibility index (Phi) is 11.8. The van der Waals surface area contributed by atoms with Gasteiger partial charge in [-0.15, -0.1) is 0 Å². The van der Waals surface area contributed by atoms with Gasteiger partial charge in [-0.1, -0.05) is 0 Å². The Labute approximate surface area is 298 Å². The molecule has 0 unspecified atom stereocenters. The second kappa shape index (κ2) is 14.9. The third kappa shape index (κ3) is 9.54. The standard InChI is InChI=1S/3C12H18FNO3/c3*1-12(2,3)17-11(16)14-7-4-5-8(14)10(13)9(15)6-7/h3*7-8,10H,4-6H2,1-3H3/t2*7-,8+,10+;7-,8+,10-/m000/s1. The summed E-state index contributed by atoms with van der Waals surface area (Å²) in [4.78, 5) is 74.2. The Bertz CT molecular complexity index is 1210. The maximum absolute atomic E-state index is 13.7. The van der Waals surface area contributed by atoms with Crippen molar-refractivity contribution < 1.29 is 56.1 Å². The van der Waals surface area contributed by atoms with Gasteiger partial charge in [0.05, 0.1) is 18.1 Å². The molecule has 51 heavy (non-hydrogen) atoms. The number of fused-ring (bicyclic) bond motifs is 6. The first-order valence-corrected chi connectivity index (χ1v) is 17.9. The Hall–Kier alpha value is -3.39. The average Bonchev–Trinajstić information content (AvgIpc) is 3.63. The highest BCUT2D eigenvalue weighted by Gasteiger charge is 2.52. The van der Waals surface area contributed by atoms with E-state index in [4.69, 9.17) is 14.2 Å². The lowest BCUT2D eigenvalue weighted by atomic mass is 10.0. The molecule has 6 bridgehead atoms. The number of amides is 3. The number of Topliss-reactive ketones (excluding diaryl/α,β-unsaturated/α-hetero) is 3. The number of carbonyl (C=O) groups excluding carboxylic acids is 6. The Morgan fingerprint density at radius 2 is 0.686 bits per heavy atom. The smallest absolute Gasteiger partial charge is 0.410 e. The summed E-state index contributed by atoms with van der Waals surface area (Å²) >= 11 is 0. The van der Waals surface area contributed by atoms with Gasteiger partial charge in [0, 0.05) is 37.4 Å². The van der Waals surface area contributed by atoms with Crippen molar-refractivity contribution >= 4 is 35.6 Å². The summed E-state index contributed by atoms with van der Waals surface area (Å²) < 4.78 is 56.9. The molecule has 6 rings (SSSR count). The van der Waals surface area contributed by atoms with Gasteiger partial charge >= 0.3 is 18.3 Å². The van der Waals surface area contributed by atoms with Gasteiger partial charge in [0.1, 0.15) is 16.8 Å². The normalized spacial score (nSPS) is 32.8. The summed E-state index contributed by atoms with van der Waals surface area (Å²) in [6, 6.07) is -2.36. The molecule has 0 aromatic rings. The van der Waals surface area contributed by atoms with Gasteiger partial charge < -0.3 is 14.2 Å². The van der Waals surface area contributed by atoms with Crippen molar-refractivity contribution in [1.82, 2.24) is 14.7 Å². The lowest BCUT2D eigenvalue weighted by Crippen LogP contribution is -2.54. The van der Waals surface area contributed by atoms with E-state index in [9.17, 15) is 41.9 Å². The molecular weight excluding hydrogens is 675 g/mol. The summed E-state index contributed by atoms with van der Waals surface area (Å²) in [5.41, 5.74) is -1.78. The molecule has 0 saturated carbocycles. The van der Waals surface area contributed by atoms with E-state index in [0.717, 1.165) is 0 Å². The van der Waals surface area contributed by atoms with E-state index in [1.54, 1.807) is 62.3 Å². The SMILES string of the molecule is CC(C)(C)OC(=O)N1[C@H]2CC[C@@H]1[C@@H](F)C(=O)C2.CC(C)(C)OC(=O)N1[C@H]2CC[C@@H]1[C@@H](F)C(=O)C2.CC(C)(C)OC(=O)N1[C@H]2CC[C@@H]1[C@H](F)C(=O)C2. The molecule has 15 heteroatoms. The van der Waals surface area contributed by atoms with Gasteiger partial charge in [0.2, 0.25) is 0 Å². The fourth-order valence-corrected chi connectivity index (χ4v) is 7.68. The van der Waals surface area contributed by atoms with Crippen LogP contribution in [0.15, 0.2) is 0 Å². The molecule has 3 amide bonds. The molecule has 0 N–H and O–H groups in total. The van der Waals surface area contributed by atoms with Gasteiger partial charge in [0.15, 0.2) is 35.9 Å². The van der Waals surface area contributed by atoms with Crippen LogP contribution in [0.1, 0.15) is 120 Å². The largest absolute Gasteiger partial charge is 0.444 e. The van der Waals surface area contributed by atoms with E-state index in [1.807, 2.05) is 0 Å². The van der Waals surface area contributed by atoms with Crippen LogP contribution in [0.3, 0.4) is 0 Å². The molecule has 9 atom stereocenters. The quantitative estimate of drug-likeness (QED) is 0.267. The molecule has 0 radical (unpaired) electrons. The van der Waals surface area contributed by atoms with Crippen molar-refractivity contribution in [3.8, 4) is 0 Å². The van der Waals surface area contributed by atoms with Gasteiger partial charge in [-0.25, -0.2) is 27.6 Å². The first-order chi connectivity index (χ1) is 23.4. The van der Waals surface area contributed by atoms with Crippen molar-refractivity contribution in [2.45, 2.75) is 192 Å². The molecular formula is C36H54F3N3O9. The summed E-state index contributed by atoms with van der Waals surface area (Å²) in [5.74, 6) is -1.13. The predicted octanol–water partition coefficient (Wildman–Crippen LogP) is 6.20. The van der Waals surface area contributed by atoms with E-state index >= 15 is 0 Å². The fraction of sp³-hybridized carbons (Fsp3) is 0.833. The summed E-state index contributed by atoms with van der Waals surface area (Å²) in [6.07, 6.45) is -2.03. The number of alkyl halides is 3. The molecule has 288 valence electrons. The summed E-state index contributed by atoms with van der Waals surface area (Å²) in [5, 5.41) is 0. The molecule has 0 aromatic carbocycles. The van der Waals surface area contributed by atoms with Crippen LogP contribution in [0.25, 0.3) is 0 Å².